The van der Waals surface area contributed by atoms with Gasteiger partial charge in [0.05, 0.1) is 0 Å². The standard InChI is InChI=1S/C23H28N2O4/c1-15(2)19-7-5-6-16(3)23(19)25(17(4)26)11-10-22(27)24-18-8-9-20-21(14-18)29-13-12-28-20/h5-9,14-15H,10-13H2,1-4H3,(H,24,27). The summed E-state index contributed by atoms with van der Waals surface area (Å²) in [6.07, 6.45) is 0.194. The molecule has 1 N–H and O–H groups in total. The second-order valence-electron chi connectivity index (χ2n) is 7.49. The number of para-hydroxylation sites is 1. The van der Waals surface area contributed by atoms with E-state index in [2.05, 4.69) is 19.2 Å². The summed E-state index contributed by atoms with van der Waals surface area (Å²) in [6.45, 7) is 9.07. The molecule has 2 aromatic rings. The van der Waals surface area contributed by atoms with Crippen molar-refractivity contribution in [3.63, 3.8) is 0 Å². The van der Waals surface area contributed by atoms with E-state index in [4.69, 9.17) is 9.47 Å². The first-order valence-corrected chi connectivity index (χ1v) is 9.94. The number of amides is 2. The van der Waals surface area contributed by atoms with Gasteiger partial charge in [-0.15, -0.1) is 0 Å². The number of hydrogen-bond acceptors (Lipinski definition) is 4. The van der Waals surface area contributed by atoms with Crippen molar-refractivity contribution in [2.75, 3.05) is 30.0 Å². The lowest BCUT2D eigenvalue weighted by atomic mass is 9.97. The van der Waals surface area contributed by atoms with Crippen LogP contribution in [0.4, 0.5) is 11.4 Å². The summed E-state index contributed by atoms with van der Waals surface area (Å²) in [7, 11) is 0. The zero-order valence-electron chi connectivity index (χ0n) is 17.5. The lowest BCUT2D eigenvalue weighted by Crippen LogP contribution is -2.33. The highest BCUT2D eigenvalue weighted by Gasteiger charge is 2.20. The molecule has 0 bridgehead atoms. The molecule has 6 heteroatoms. The van der Waals surface area contributed by atoms with Crippen LogP contribution < -0.4 is 19.7 Å². The fourth-order valence-corrected chi connectivity index (χ4v) is 3.50. The van der Waals surface area contributed by atoms with E-state index in [0.717, 1.165) is 16.8 Å². The molecule has 154 valence electrons. The number of anilines is 2. The van der Waals surface area contributed by atoms with Crippen LogP contribution in [-0.2, 0) is 9.59 Å². The average Bonchev–Trinajstić information content (AvgIpc) is 2.68. The van der Waals surface area contributed by atoms with Crippen molar-refractivity contribution in [3.05, 3.63) is 47.5 Å². The molecular weight excluding hydrogens is 368 g/mol. The summed E-state index contributed by atoms with van der Waals surface area (Å²) >= 11 is 0. The Labute approximate surface area is 171 Å². The first-order valence-electron chi connectivity index (χ1n) is 9.94. The lowest BCUT2D eigenvalue weighted by molar-refractivity contribution is -0.117. The predicted molar refractivity (Wildman–Crippen MR) is 114 cm³/mol. The molecule has 6 nitrogen and oxygen atoms in total. The quantitative estimate of drug-likeness (QED) is 0.792. The van der Waals surface area contributed by atoms with Gasteiger partial charge in [0.25, 0.3) is 0 Å². The van der Waals surface area contributed by atoms with Crippen LogP contribution in [0.15, 0.2) is 36.4 Å². The summed E-state index contributed by atoms with van der Waals surface area (Å²) < 4.78 is 11.1. The third kappa shape index (κ3) is 4.88. The molecule has 0 unspecified atom stereocenters. The van der Waals surface area contributed by atoms with E-state index in [-0.39, 0.29) is 24.2 Å². The number of nitrogens with zero attached hydrogens (tertiary/aromatic N) is 1. The minimum absolute atomic E-state index is 0.0756. The van der Waals surface area contributed by atoms with Crippen LogP contribution in [0.25, 0.3) is 0 Å². The van der Waals surface area contributed by atoms with Gasteiger partial charge in [-0.25, -0.2) is 0 Å². The molecule has 0 radical (unpaired) electrons. The largest absolute Gasteiger partial charge is 0.486 e. The van der Waals surface area contributed by atoms with Gasteiger partial charge in [-0.1, -0.05) is 32.0 Å². The SMILES string of the molecule is CC(=O)N(CCC(=O)Nc1ccc2c(c1)OCCO2)c1c(C)cccc1C(C)C. The van der Waals surface area contributed by atoms with Crippen molar-refractivity contribution >= 4 is 23.2 Å². The number of carbonyl (C=O) groups is 2. The average molecular weight is 396 g/mol. The first kappa shape index (κ1) is 20.7. The van der Waals surface area contributed by atoms with E-state index in [1.54, 1.807) is 23.1 Å². The maximum Gasteiger partial charge on any atom is 0.226 e. The highest BCUT2D eigenvalue weighted by Crippen LogP contribution is 2.33. The van der Waals surface area contributed by atoms with E-state index in [0.29, 0.717) is 36.9 Å². The van der Waals surface area contributed by atoms with E-state index in [1.165, 1.54) is 6.92 Å². The van der Waals surface area contributed by atoms with E-state index >= 15 is 0 Å². The Morgan fingerprint density at radius 3 is 2.52 bits per heavy atom. The van der Waals surface area contributed by atoms with Gasteiger partial charge in [0, 0.05) is 37.3 Å². The van der Waals surface area contributed by atoms with Crippen LogP contribution >= 0.6 is 0 Å². The lowest BCUT2D eigenvalue weighted by Gasteiger charge is -2.27. The van der Waals surface area contributed by atoms with Crippen LogP contribution in [0.5, 0.6) is 11.5 Å². The Kier molecular flexibility index (Phi) is 6.42. The van der Waals surface area contributed by atoms with Crippen LogP contribution in [0, 0.1) is 6.92 Å². The van der Waals surface area contributed by atoms with Crippen molar-refractivity contribution in [1.82, 2.24) is 0 Å². The zero-order valence-corrected chi connectivity index (χ0v) is 17.5. The Morgan fingerprint density at radius 1 is 1.10 bits per heavy atom. The topological polar surface area (TPSA) is 67.9 Å². The van der Waals surface area contributed by atoms with E-state index < -0.39 is 0 Å². The molecule has 0 aromatic heterocycles. The molecule has 0 saturated carbocycles. The molecular formula is C23H28N2O4. The number of hydrogen-bond donors (Lipinski definition) is 1. The summed E-state index contributed by atoms with van der Waals surface area (Å²) in [5, 5.41) is 2.88. The predicted octanol–water partition coefficient (Wildman–Crippen LogP) is 4.27. The van der Waals surface area contributed by atoms with Gasteiger partial charge >= 0.3 is 0 Å². The Hall–Kier alpha value is -3.02. The maximum absolute atomic E-state index is 12.5. The highest BCUT2D eigenvalue weighted by molar-refractivity contribution is 5.96. The Balaban J connectivity index is 1.70. The number of carbonyl (C=O) groups excluding carboxylic acids is 2. The molecule has 0 saturated heterocycles. The number of aryl methyl sites for hydroxylation is 1. The van der Waals surface area contributed by atoms with Crippen molar-refractivity contribution in [2.45, 2.75) is 40.0 Å². The number of nitrogens with one attached hydrogen (secondary N) is 1. The van der Waals surface area contributed by atoms with Crippen LogP contribution in [0.3, 0.4) is 0 Å². The summed E-state index contributed by atoms with van der Waals surface area (Å²) in [6, 6.07) is 11.4. The van der Waals surface area contributed by atoms with Crippen LogP contribution in [0.2, 0.25) is 0 Å². The number of rotatable bonds is 6. The highest BCUT2D eigenvalue weighted by atomic mass is 16.6. The van der Waals surface area contributed by atoms with E-state index in [1.807, 2.05) is 25.1 Å². The minimum Gasteiger partial charge on any atom is -0.486 e. The summed E-state index contributed by atoms with van der Waals surface area (Å²) in [5.74, 6) is 1.35. The molecule has 0 fully saturated rings. The molecule has 29 heavy (non-hydrogen) atoms. The molecule has 2 aromatic carbocycles. The number of fused-ring (bicyclic) bond motifs is 1. The minimum atomic E-state index is -0.160. The van der Waals surface area contributed by atoms with Crippen molar-refractivity contribution in [1.29, 1.82) is 0 Å². The molecule has 3 rings (SSSR count). The fourth-order valence-electron chi connectivity index (χ4n) is 3.50. The number of benzene rings is 2. The van der Waals surface area contributed by atoms with Gasteiger partial charge in [-0.2, -0.15) is 0 Å². The smallest absolute Gasteiger partial charge is 0.226 e. The van der Waals surface area contributed by atoms with Gasteiger partial charge in [-0.3, -0.25) is 9.59 Å². The summed E-state index contributed by atoms with van der Waals surface area (Å²) in [4.78, 5) is 26.6. The van der Waals surface area contributed by atoms with Crippen molar-refractivity contribution in [2.24, 2.45) is 0 Å². The molecule has 0 atom stereocenters. The monoisotopic (exact) mass is 396 g/mol. The number of ether oxygens (including phenoxy) is 2. The van der Waals surface area contributed by atoms with Gasteiger partial charge in [-0.05, 0) is 36.1 Å². The second kappa shape index (κ2) is 8.99. The first-order chi connectivity index (χ1) is 13.9. The van der Waals surface area contributed by atoms with Crippen molar-refractivity contribution < 1.29 is 19.1 Å². The maximum atomic E-state index is 12.5. The summed E-state index contributed by atoms with van der Waals surface area (Å²) in [5.41, 5.74) is 3.68. The van der Waals surface area contributed by atoms with Gasteiger partial charge in [0.2, 0.25) is 11.8 Å². The fraction of sp³-hybridized carbons (Fsp3) is 0.391. The third-order valence-corrected chi connectivity index (χ3v) is 4.93. The zero-order chi connectivity index (χ0) is 21.0. The second-order valence-corrected chi connectivity index (χ2v) is 7.49. The molecule has 1 heterocycles. The van der Waals surface area contributed by atoms with Gasteiger partial charge < -0.3 is 19.7 Å². The molecule has 1 aliphatic rings. The van der Waals surface area contributed by atoms with Crippen molar-refractivity contribution in [3.8, 4) is 11.5 Å². The van der Waals surface area contributed by atoms with Crippen LogP contribution in [-0.4, -0.2) is 31.6 Å². The Bertz CT molecular complexity index is 908. The van der Waals surface area contributed by atoms with E-state index in [9.17, 15) is 9.59 Å². The normalized spacial score (nSPS) is 12.6. The molecule has 0 aliphatic carbocycles. The molecule has 1 aliphatic heterocycles. The van der Waals surface area contributed by atoms with Gasteiger partial charge in [0.1, 0.15) is 13.2 Å². The van der Waals surface area contributed by atoms with Gasteiger partial charge in [0.15, 0.2) is 11.5 Å². The molecule has 0 spiro atoms. The van der Waals surface area contributed by atoms with Crippen LogP contribution in [0.1, 0.15) is 44.2 Å². The molecule has 2 amide bonds. The Morgan fingerprint density at radius 2 is 1.83 bits per heavy atom. The third-order valence-electron chi connectivity index (χ3n) is 4.93.